The molecule has 21 heavy (non-hydrogen) atoms. The van der Waals surface area contributed by atoms with Crippen LogP contribution in [0.3, 0.4) is 0 Å². The van der Waals surface area contributed by atoms with Crippen molar-refractivity contribution in [2.24, 2.45) is 0 Å². The lowest BCUT2D eigenvalue weighted by Crippen LogP contribution is -2.13. The largest absolute Gasteiger partial charge is 0.479 e. The molecule has 4 nitrogen and oxygen atoms in total. The van der Waals surface area contributed by atoms with Crippen LogP contribution in [-0.2, 0) is 6.54 Å². The first-order valence-electron chi connectivity index (χ1n) is 6.41. The van der Waals surface area contributed by atoms with E-state index in [0.717, 1.165) is 16.9 Å². The van der Waals surface area contributed by atoms with Gasteiger partial charge in [-0.25, -0.2) is 9.37 Å². The molecule has 1 aromatic carbocycles. The molecule has 0 amide bonds. The molecule has 0 aliphatic carbocycles. The van der Waals surface area contributed by atoms with Gasteiger partial charge in [-0.05, 0) is 39.7 Å². The summed E-state index contributed by atoms with van der Waals surface area (Å²) in [6, 6.07) is 6.94. The third-order valence-corrected chi connectivity index (χ3v) is 3.67. The van der Waals surface area contributed by atoms with Crippen molar-refractivity contribution in [3.8, 4) is 5.88 Å². The third kappa shape index (κ3) is 3.64. The number of ether oxygens (including phenoxy) is 1. The highest BCUT2D eigenvalue weighted by molar-refractivity contribution is 9.10. The molecule has 0 aliphatic heterocycles. The lowest BCUT2D eigenvalue weighted by atomic mass is 10.2. The van der Waals surface area contributed by atoms with Crippen LogP contribution in [0.1, 0.15) is 5.56 Å². The molecular weight excluding hydrogens is 337 g/mol. The number of methoxy groups -OCH3 is 1. The number of hydrogen-bond donors (Lipinski definition) is 1. The van der Waals surface area contributed by atoms with Gasteiger partial charge < -0.3 is 15.0 Å². The summed E-state index contributed by atoms with van der Waals surface area (Å²) in [4.78, 5) is 6.16. The van der Waals surface area contributed by atoms with Crippen molar-refractivity contribution in [1.82, 2.24) is 4.98 Å². The Kier molecular flexibility index (Phi) is 5.01. The SMILES string of the molecule is COc1nccc(N(C)C)c1NCc1ccc(Br)c(F)c1. The van der Waals surface area contributed by atoms with E-state index >= 15 is 0 Å². The molecule has 0 bridgehead atoms. The molecular formula is C15H17BrFN3O. The van der Waals surface area contributed by atoms with E-state index in [1.807, 2.05) is 31.1 Å². The third-order valence-electron chi connectivity index (χ3n) is 3.02. The summed E-state index contributed by atoms with van der Waals surface area (Å²) in [5.41, 5.74) is 2.58. The zero-order chi connectivity index (χ0) is 15.4. The van der Waals surface area contributed by atoms with Crippen LogP contribution in [0.5, 0.6) is 5.88 Å². The molecule has 0 saturated carbocycles. The Morgan fingerprint density at radius 1 is 1.33 bits per heavy atom. The van der Waals surface area contributed by atoms with Crippen molar-refractivity contribution in [3.05, 3.63) is 46.3 Å². The van der Waals surface area contributed by atoms with Crippen LogP contribution in [-0.4, -0.2) is 26.2 Å². The maximum absolute atomic E-state index is 13.5. The Hall–Kier alpha value is -1.82. The molecule has 1 heterocycles. The summed E-state index contributed by atoms with van der Waals surface area (Å²) >= 11 is 3.15. The number of benzene rings is 1. The lowest BCUT2D eigenvalue weighted by Gasteiger charge is -2.20. The van der Waals surface area contributed by atoms with E-state index in [0.29, 0.717) is 16.9 Å². The highest BCUT2D eigenvalue weighted by atomic mass is 79.9. The van der Waals surface area contributed by atoms with Gasteiger partial charge in [0.15, 0.2) is 0 Å². The molecule has 1 N–H and O–H groups in total. The number of aromatic nitrogens is 1. The number of nitrogens with zero attached hydrogens (tertiary/aromatic N) is 2. The standard InChI is InChI=1S/C15H17BrFN3O/c1-20(2)13-6-7-18-15(21-3)14(13)19-9-10-4-5-11(16)12(17)8-10/h4-8,19H,9H2,1-3H3. The fourth-order valence-corrected chi connectivity index (χ4v) is 2.21. The number of hydrogen-bond acceptors (Lipinski definition) is 4. The van der Waals surface area contributed by atoms with Crippen LogP contribution >= 0.6 is 15.9 Å². The summed E-state index contributed by atoms with van der Waals surface area (Å²) in [6.45, 7) is 0.479. The van der Waals surface area contributed by atoms with E-state index in [-0.39, 0.29) is 5.82 Å². The Labute approximate surface area is 132 Å². The van der Waals surface area contributed by atoms with Crippen LogP contribution in [0.4, 0.5) is 15.8 Å². The minimum atomic E-state index is -0.278. The molecule has 0 aliphatic rings. The molecule has 0 atom stereocenters. The van der Waals surface area contributed by atoms with Gasteiger partial charge in [0.25, 0.3) is 0 Å². The van der Waals surface area contributed by atoms with Crippen molar-refractivity contribution >= 4 is 27.3 Å². The predicted octanol–water partition coefficient (Wildman–Crippen LogP) is 3.67. The fourth-order valence-electron chi connectivity index (χ4n) is 1.97. The minimum Gasteiger partial charge on any atom is -0.479 e. The van der Waals surface area contributed by atoms with E-state index in [1.165, 1.54) is 6.07 Å². The first-order chi connectivity index (χ1) is 10.0. The van der Waals surface area contributed by atoms with Crippen molar-refractivity contribution in [2.45, 2.75) is 6.54 Å². The zero-order valence-electron chi connectivity index (χ0n) is 12.2. The molecule has 0 fully saturated rings. The molecule has 0 unspecified atom stereocenters. The second kappa shape index (κ2) is 6.76. The highest BCUT2D eigenvalue weighted by Gasteiger charge is 2.12. The van der Waals surface area contributed by atoms with Gasteiger partial charge in [0.2, 0.25) is 5.88 Å². The molecule has 1 aromatic heterocycles. The van der Waals surface area contributed by atoms with Gasteiger partial charge in [-0.3, -0.25) is 0 Å². The van der Waals surface area contributed by atoms with Crippen LogP contribution in [0.25, 0.3) is 0 Å². The Morgan fingerprint density at radius 3 is 2.71 bits per heavy atom. The maximum atomic E-state index is 13.5. The van der Waals surface area contributed by atoms with Gasteiger partial charge >= 0.3 is 0 Å². The summed E-state index contributed by atoms with van der Waals surface area (Å²) in [6.07, 6.45) is 1.69. The highest BCUT2D eigenvalue weighted by Crippen LogP contribution is 2.32. The van der Waals surface area contributed by atoms with Crippen LogP contribution in [0.15, 0.2) is 34.9 Å². The molecule has 0 saturated heterocycles. The first-order valence-corrected chi connectivity index (χ1v) is 7.20. The average molecular weight is 354 g/mol. The monoisotopic (exact) mass is 353 g/mol. The average Bonchev–Trinajstić information content (AvgIpc) is 2.48. The number of anilines is 2. The van der Waals surface area contributed by atoms with Crippen molar-refractivity contribution in [3.63, 3.8) is 0 Å². The number of pyridine rings is 1. The van der Waals surface area contributed by atoms with Gasteiger partial charge in [0, 0.05) is 26.8 Å². The summed E-state index contributed by atoms with van der Waals surface area (Å²) in [7, 11) is 5.46. The Morgan fingerprint density at radius 2 is 2.10 bits per heavy atom. The number of halogens is 2. The minimum absolute atomic E-state index is 0.278. The zero-order valence-corrected chi connectivity index (χ0v) is 13.7. The van der Waals surface area contributed by atoms with Gasteiger partial charge in [0.05, 0.1) is 17.3 Å². The molecule has 0 radical (unpaired) electrons. The molecule has 112 valence electrons. The normalized spacial score (nSPS) is 10.3. The summed E-state index contributed by atoms with van der Waals surface area (Å²) < 4.78 is 19.3. The van der Waals surface area contributed by atoms with E-state index in [1.54, 1.807) is 19.4 Å². The molecule has 2 rings (SSSR count). The van der Waals surface area contributed by atoms with Crippen LogP contribution in [0, 0.1) is 5.82 Å². The van der Waals surface area contributed by atoms with Crippen molar-refractivity contribution < 1.29 is 9.13 Å². The van der Waals surface area contributed by atoms with E-state index in [9.17, 15) is 4.39 Å². The number of nitrogens with one attached hydrogen (secondary N) is 1. The maximum Gasteiger partial charge on any atom is 0.239 e. The first kappa shape index (κ1) is 15.6. The quantitative estimate of drug-likeness (QED) is 0.889. The topological polar surface area (TPSA) is 37.4 Å². The van der Waals surface area contributed by atoms with Gasteiger partial charge in [-0.15, -0.1) is 0 Å². The predicted molar refractivity (Wildman–Crippen MR) is 86.5 cm³/mol. The van der Waals surface area contributed by atoms with Gasteiger partial charge in [0.1, 0.15) is 11.5 Å². The summed E-state index contributed by atoms with van der Waals surface area (Å²) in [5.74, 6) is 0.235. The molecule has 0 spiro atoms. The van der Waals surface area contributed by atoms with E-state index in [2.05, 4.69) is 26.2 Å². The van der Waals surface area contributed by atoms with Gasteiger partial charge in [-0.1, -0.05) is 6.07 Å². The van der Waals surface area contributed by atoms with Crippen molar-refractivity contribution in [2.75, 3.05) is 31.4 Å². The Balaban J connectivity index is 2.24. The second-order valence-corrected chi connectivity index (χ2v) is 5.57. The fraction of sp³-hybridized carbons (Fsp3) is 0.267. The summed E-state index contributed by atoms with van der Waals surface area (Å²) in [5, 5.41) is 3.27. The van der Waals surface area contributed by atoms with Crippen molar-refractivity contribution in [1.29, 1.82) is 0 Å². The lowest BCUT2D eigenvalue weighted by molar-refractivity contribution is 0.400. The van der Waals surface area contributed by atoms with Crippen LogP contribution in [0.2, 0.25) is 0 Å². The van der Waals surface area contributed by atoms with Gasteiger partial charge in [-0.2, -0.15) is 0 Å². The Bertz CT molecular complexity index is 634. The smallest absolute Gasteiger partial charge is 0.239 e. The van der Waals surface area contributed by atoms with Crippen LogP contribution < -0.4 is 15.0 Å². The molecule has 2 aromatic rings. The second-order valence-electron chi connectivity index (χ2n) is 4.71. The van der Waals surface area contributed by atoms with E-state index in [4.69, 9.17) is 4.74 Å². The number of rotatable bonds is 5. The van der Waals surface area contributed by atoms with E-state index < -0.39 is 0 Å². The molecule has 6 heteroatoms.